The largest absolute Gasteiger partial charge is 0.478 e. The fraction of sp³-hybridized carbons (Fsp3) is 0. The van der Waals surface area contributed by atoms with Crippen LogP contribution in [-0.4, -0.2) is 22.8 Å². The van der Waals surface area contributed by atoms with Gasteiger partial charge in [-0.3, -0.25) is 4.79 Å². The van der Waals surface area contributed by atoms with E-state index in [0.29, 0.717) is 22.4 Å². The Balaban J connectivity index is 2.06. The summed E-state index contributed by atoms with van der Waals surface area (Å²) in [7, 11) is 0. The van der Waals surface area contributed by atoms with Crippen LogP contribution in [0.15, 0.2) is 64.8 Å². The van der Waals surface area contributed by atoms with Gasteiger partial charge < -0.3 is 16.3 Å². The summed E-state index contributed by atoms with van der Waals surface area (Å²) in [4.78, 5) is 22.7. The maximum absolute atomic E-state index is 12.2. The first kappa shape index (κ1) is 17.5. The maximum atomic E-state index is 12.2. The molecular formula is C17H16N5O3+. The highest BCUT2D eigenvalue weighted by Gasteiger charge is 2.09. The van der Waals surface area contributed by atoms with Crippen LogP contribution in [0.1, 0.15) is 21.5 Å². The molecule has 8 nitrogen and oxygen atoms in total. The first-order valence-electron chi connectivity index (χ1n) is 7.15. The number of nitrogens with one attached hydrogen (secondary N) is 1. The monoisotopic (exact) mass is 338 g/mol. The number of rotatable bonds is 5. The molecule has 0 aliphatic carbocycles. The highest BCUT2D eigenvalue weighted by atomic mass is 16.4. The van der Waals surface area contributed by atoms with E-state index in [9.17, 15) is 9.59 Å². The zero-order valence-electron chi connectivity index (χ0n) is 13.1. The van der Waals surface area contributed by atoms with Crippen molar-refractivity contribution in [2.24, 2.45) is 16.1 Å². The Morgan fingerprint density at radius 2 is 1.64 bits per heavy atom. The van der Waals surface area contributed by atoms with Gasteiger partial charge >= 0.3 is 5.97 Å². The molecule has 0 aliphatic rings. The molecule has 0 aromatic heterocycles. The van der Waals surface area contributed by atoms with E-state index >= 15 is 0 Å². The quantitative estimate of drug-likeness (QED) is 0.160. The van der Waals surface area contributed by atoms with Crippen molar-refractivity contribution in [1.82, 2.24) is 0 Å². The normalized spacial score (nSPS) is 11.3. The van der Waals surface area contributed by atoms with E-state index < -0.39 is 5.97 Å². The summed E-state index contributed by atoms with van der Waals surface area (Å²) >= 11 is 0. The van der Waals surface area contributed by atoms with Gasteiger partial charge in [0.1, 0.15) is 0 Å². The summed E-state index contributed by atoms with van der Waals surface area (Å²) in [5, 5.41) is 18.2. The zero-order chi connectivity index (χ0) is 18.2. The highest BCUT2D eigenvalue weighted by Crippen LogP contribution is 2.13. The van der Waals surface area contributed by atoms with E-state index in [2.05, 4.69) is 15.5 Å². The van der Waals surface area contributed by atoms with Crippen LogP contribution < -0.4 is 16.7 Å². The molecule has 0 fully saturated rings. The van der Waals surface area contributed by atoms with E-state index in [-0.39, 0.29) is 11.7 Å². The van der Waals surface area contributed by atoms with Crippen LogP contribution in [-0.2, 0) is 4.79 Å². The lowest BCUT2D eigenvalue weighted by atomic mass is 10.1. The fourth-order valence-electron chi connectivity index (χ4n) is 2.00. The van der Waals surface area contributed by atoms with Crippen molar-refractivity contribution in [2.75, 3.05) is 5.32 Å². The molecule has 8 heteroatoms. The lowest BCUT2D eigenvalue weighted by Gasteiger charge is -2.06. The lowest BCUT2D eigenvalue weighted by Crippen LogP contribution is -2.27. The minimum Gasteiger partial charge on any atom is -0.478 e. The second-order valence-electron chi connectivity index (χ2n) is 4.91. The molecule has 0 spiro atoms. The Morgan fingerprint density at radius 1 is 1.04 bits per heavy atom. The number of nitrogens with zero attached hydrogens (tertiary/aromatic N) is 2. The summed E-state index contributed by atoms with van der Waals surface area (Å²) in [5.41, 5.74) is 7.49. The molecule has 0 aliphatic heterocycles. The molecule has 25 heavy (non-hydrogen) atoms. The number of amides is 1. The smallest absolute Gasteiger partial charge is 0.328 e. The number of amidine groups is 1. The van der Waals surface area contributed by atoms with Crippen LogP contribution in [0, 0.1) is 0 Å². The Hall–Kier alpha value is -3.81. The molecule has 2 aromatic carbocycles. The highest BCUT2D eigenvalue weighted by molar-refractivity contribution is 6.05. The Bertz CT molecular complexity index is 840. The molecule has 126 valence electrons. The molecule has 0 saturated carbocycles. The van der Waals surface area contributed by atoms with E-state index in [4.69, 9.17) is 16.5 Å². The Kier molecular flexibility index (Phi) is 5.72. The van der Waals surface area contributed by atoms with Gasteiger partial charge in [-0.25, -0.2) is 4.79 Å². The van der Waals surface area contributed by atoms with Crippen molar-refractivity contribution in [3.05, 3.63) is 71.3 Å². The van der Waals surface area contributed by atoms with E-state index in [1.165, 1.54) is 6.08 Å². The number of nitrogens with two attached hydrogens (primary N) is 2. The molecule has 2 aromatic rings. The third-order valence-corrected chi connectivity index (χ3v) is 3.24. The first-order valence-corrected chi connectivity index (χ1v) is 7.15. The number of carboxylic acids is 1. The summed E-state index contributed by atoms with van der Waals surface area (Å²) in [6.07, 6.45) is 2.51. The molecule has 0 atom stereocenters. The Labute approximate surface area is 143 Å². The van der Waals surface area contributed by atoms with Crippen LogP contribution in [0.2, 0.25) is 0 Å². The van der Waals surface area contributed by atoms with Gasteiger partial charge in [0.05, 0.1) is 0 Å². The van der Waals surface area contributed by atoms with Crippen LogP contribution >= 0.6 is 0 Å². The number of benzene rings is 2. The molecule has 0 unspecified atom stereocenters. The van der Waals surface area contributed by atoms with Crippen molar-refractivity contribution in [3.63, 3.8) is 0 Å². The van der Waals surface area contributed by atoms with Crippen LogP contribution in [0.25, 0.3) is 6.08 Å². The number of hydrogen-bond acceptors (Lipinski definition) is 4. The van der Waals surface area contributed by atoms with Crippen molar-refractivity contribution < 1.29 is 20.2 Å². The minimum absolute atomic E-state index is 0.178. The number of hydrazone groups is 1. The SMILES string of the molecule is NN=C(N=[NH2+])c1ccc(C(=O)Nc2ccc(C=CC(=O)O)cc2)cc1. The van der Waals surface area contributed by atoms with Gasteiger partial charge in [0.2, 0.25) is 5.84 Å². The van der Waals surface area contributed by atoms with E-state index in [0.717, 1.165) is 6.08 Å². The molecule has 1 amide bonds. The van der Waals surface area contributed by atoms with E-state index in [1.54, 1.807) is 48.5 Å². The van der Waals surface area contributed by atoms with Gasteiger partial charge in [-0.05, 0) is 35.9 Å². The van der Waals surface area contributed by atoms with Gasteiger partial charge in [-0.1, -0.05) is 24.3 Å². The minimum atomic E-state index is -1.02. The van der Waals surface area contributed by atoms with Crippen molar-refractivity contribution >= 4 is 29.5 Å². The summed E-state index contributed by atoms with van der Waals surface area (Å²) in [5.74, 6) is 4.02. The van der Waals surface area contributed by atoms with Crippen molar-refractivity contribution in [1.29, 1.82) is 0 Å². The molecule has 2 rings (SSSR count). The van der Waals surface area contributed by atoms with Gasteiger partial charge in [0, 0.05) is 28.0 Å². The topological polar surface area (TPSA) is 143 Å². The van der Waals surface area contributed by atoms with Crippen LogP contribution in [0.3, 0.4) is 0 Å². The zero-order valence-corrected chi connectivity index (χ0v) is 13.1. The molecule has 0 heterocycles. The second-order valence-corrected chi connectivity index (χ2v) is 4.91. The lowest BCUT2D eigenvalue weighted by molar-refractivity contribution is -0.206. The molecule has 0 radical (unpaired) electrons. The third kappa shape index (κ3) is 4.83. The number of carbonyl (C=O) groups is 2. The molecule has 0 saturated heterocycles. The summed E-state index contributed by atoms with van der Waals surface area (Å²) in [6.45, 7) is 0. The van der Waals surface area contributed by atoms with Gasteiger partial charge in [-0.2, -0.15) is 10.6 Å². The van der Waals surface area contributed by atoms with Crippen molar-refractivity contribution in [2.45, 2.75) is 0 Å². The second kappa shape index (κ2) is 8.16. The Morgan fingerprint density at radius 3 is 2.16 bits per heavy atom. The molecule has 0 bridgehead atoms. The van der Waals surface area contributed by atoms with Gasteiger partial charge in [0.25, 0.3) is 5.91 Å². The van der Waals surface area contributed by atoms with E-state index in [1.807, 2.05) is 0 Å². The number of carbonyl (C=O) groups excluding carboxylic acids is 1. The van der Waals surface area contributed by atoms with Gasteiger partial charge in [-0.15, -0.1) is 0 Å². The summed E-state index contributed by atoms with van der Waals surface area (Å²) in [6, 6.07) is 13.2. The van der Waals surface area contributed by atoms with Crippen LogP contribution in [0.4, 0.5) is 5.69 Å². The third-order valence-electron chi connectivity index (χ3n) is 3.24. The van der Waals surface area contributed by atoms with Gasteiger partial charge in [0.15, 0.2) is 0 Å². The summed E-state index contributed by atoms with van der Waals surface area (Å²) < 4.78 is 0. The maximum Gasteiger partial charge on any atom is 0.328 e. The van der Waals surface area contributed by atoms with Crippen molar-refractivity contribution in [3.8, 4) is 0 Å². The fourth-order valence-corrected chi connectivity index (χ4v) is 2.00. The standard InChI is InChI=1S/C17H15N5O3/c18-21-16(22-19)12-4-6-13(7-5-12)17(25)20-14-8-1-11(2-9-14)3-10-15(23)24/h1-10,18H,19H2,(H,20,25)(H,23,24)/p+1. The average Bonchev–Trinajstić information content (AvgIpc) is 2.62. The number of hydrogen-bond donors (Lipinski definition) is 4. The number of carboxylic acid groups (broad SMARTS) is 1. The first-order chi connectivity index (χ1) is 12.0. The predicted molar refractivity (Wildman–Crippen MR) is 92.6 cm³/mol. The number of anilines is 1. The molecule has 6 N–H and O–H groups in total. The molecular weight excluding hydrogens is 322 g/mol. The average molecular weight is 338 g/mol. The number of aliphatic carboxylic acids is 1. The van der Waals surface area contributed by atoms with Crippen LogP contribution in [0.5, 0.6) is 0 Å². The predicted octanol–water partition coefficient (Wildman–Crippen LogP) is 0.868.